The van der Waals surface area contributed by atoms with E-state index in [9.17, 15) is 17.8 Å². The second kappa shape index (κ2) is 10.3. The number of amides is 1. The molecule has 12 heteroatoms. The third-order valence-electron chi connectivity index (χ3n) is 6.63. The summed E-state index contributed by atoms with van der Waals surface area (Å²) in [5.41, 5.74) is 1.07. The Balaban J connectivity index is 1.71. The molecule has 4 rings (SSSR count). The van der Waals surface area contributed by atoms with Crippen LogP contribution < -0.4 is 15.1 Å². The molecule has 2 aliphatic rings. The van der Waals surface area contributed by atoms with E-state index < -0.39 is 21.6 Å². The zero-order valence-corrected chi connectivity index (χ0v) is 21.7. The maximum Gasteiger partial charge on any atom is 0.261 e. The van der Waals surface area contributed by atoms with E-state index >= 15 is 0 Å². The van der Waals surface area contributed by atoms with E-state index in [0.29, 0.717) is 34.6 Å². The molecule has 3 heterocycles. The summed E-state index contributed by atoms with van der Waals surface area (Å²) in [6.45, 7) is 5.33. The fraction of sp³-hybridized carbons (Fsp3) is 0.542. The van der Waals surface area contributed by atoms with Crippen molar-refractivity contribution in [2.45, 2.75) is 37.0 Å². The van der Waals surface area contributed by atoms with Gasteiger partial charge in [0.1, 0.15) is 11.4 Å². The number of rotatable bonds is 5. The summed E-state index contributed by atoms with van der Waals surface area (Å²) in [7, 11) is -0.913. The van der Waals surface area contributed by atoms with Gasteiger partial charge in [-0.1, -0.05) is 6.07 Å². The van der Waals surface area contributed by atoms with Gasteiger partial charge in [-0.05, 0) is 38.6 Å². The minimum atomic E-state index is -2.96. The summed E-state index contributed by atoms with van der Waals surface area (Å²) in [5.74, 6) is -2.38. The van der Waals surface area contributed by atoms with Gasteiger partial charge in [-0.15, -0.1) is 0 Å². The number of carbonyl (C=O) groups excluding carboxylic acids is 1. The van der Waals surface area contributed by atoms with Gasteiger partial charge in [0.05, 0.1) is 15.4 Å². The first-order chi connectivity index (χ1) is 16.9. The first-order valence-corrected chi connectivity index (χ1v) is 14.0. The lowest BCUT2D eigenvalue weighted by molar-refractivity contribution is -0.0102. The quantitative estimate of drug-likeness (QED) is 0.621. The zero-order chi connectivity index (χ0) is 26.1. The first kappa shape index (κ1) is 26.2. The molecule has 1 atom stereocenters. The number of piperazine rings is 1. The largest absolute Gasteiger partial charge is 0.356 e. The molecule has 2 saturated heterocycles. The number of nitrogens with one attached hydrogen (secondary N) is 2. The smallest absolute Gasteiger partial charge is 0.261 e. The van der Waals surface area contributed by atoms with Crippen molar-refractivity contribution in [3.63, 3.8) is 0 Å². The summed E-state index contributed by atoms with van der Waals surface area (Å²) in [6, 6.07) is 6.36. The van der Waals surface area contributed by atoms with E-state index in [0.717, 1.165) is 26.2 Å². The molecule has 1 amide bonds. The zero-order valence-electron chi connectivity index (χ0n) is 20.9. The van der Waals surface area contributed by atoms with Crippen molar-refractivity contribution in [3.05, 3.63) is 35.5 Å². The number of hydrogen-bond acceptors (Lipinski definition) is 8. The number of carbonyl (C=O) groups is 1. The predicted molar refractivity (Wildman–Crippen MR) is 137 cm³/mol. The van der Waals surface area contributed by atoms with Gasteiger partial charge in [0.2, 0.25) is 11.9 Å². The Kier molecular flexibility index (Phi) is 7.46. The lowest BCUT2D eigenvalue weighted by atomic mass is 10.1. The highest BCUT2D eigenvalue weighted by molar-refractivity contribution is 7.91. The highest BCUT2D eigenvalue weighted by Gasteiger charge is 2.34. The molecule has 0 spiro atoms. The Labute approximate surface area is 210 Å². The van der Waals surface area contributed by atoms with Crippen LogP contribution in [0.4, 0.5) is 26.2 Å². The lowest BCUT2D eigenvalue weighted by Gasteiger charge is -2.33. The summed E-state index contributed by atoms with van der Waals surface area (Å²) in [5, 5.41) is 2.80. The summed E-state index contributed by atoms with van der Waals surface area (Å²) >= 11 is 0. The van der Waals surface area contributed by atoms with Crippen LogP contribution in [0.5, 0.6) is 0 Å². The van der Waals surface area contributed by atoms with Crippen molar-refractivity contribution in [2.24, 2.45) is 0 Å². The van der Waals surface area contributed by atoms with Crippen LogP contribution in [-0.2, 0) is 9.73 Å². The van der Waals surface area contributed by atoms with Crippen LogP contribution in [0.1, 0.15) is 35.3 Å². The molecule has 36 heavy (non-hydrogen) atoms. The molecule has 0 unspecified atom stereocenters. The summed E-state index contributed by atoms with van der Waals surface area (Å²) in [4.78, 5) is 29.2. The number of benzene rings is 1. The maximum atomic E-state index is 14.1. The Morgan fingerprint density at radius 1 is 1.08 bits per heavy atom. The van der Waals surface area contributed by atoms with Crippen LogP contribution in [0, 0.1) is 11.7 Å². The van der Waals surface area contributed by atoms with Crippen molar-refractivity contribution in [1.82, 2.24) is 14.9 Å². The number of aryl methyl sites for hydroxylation is 1. The first-order valence-electron chi connectivity index (χ1n) is 12.0. The molecule has 0 saturated carbocycles. The van der Waals surface area contributed by atoms with Crippen LogP contribution in [0.25, 0.3) is 0 Å². The van der Waals surface area contributed by atoms with Crippen molar-refractivity contribution in [1.29, 1.82) is 4.78 Å². The number of aromatic nitrogens is 2. The van der Waals surface area contributed by atoms with E-state index in [-0.39, 0.29) is 31.4 Å². The third kappa shape index (κ3) is 6.09. The van der Waals surface area contributed by atoms with Gasteiger partial charge < -0.3 is 20.0 Å². The molecule has 1 aromatic heterocycles. The molecule has 2 N–H and O–H groups in total. The minimum Gasteiger partial charge on any atom is -0.356 e. The van der Waals surface area contributed by atoms with Gasteiger partial charge in [0, 0.05) is 68.9 Å². The standard InChI is InChI=1S/C24H33F2N7O2S/c1-17-20(22(34)29-18-6-4-7-19(16-18)36(3,27)35)21(32-10-5-8-24(25,26)9-11-32)30-23(28-17)33-14-12-31(2)13-15-33/h4,6-7,16,27H,5,8-15H2,1-3H3,(H,29,34)/t36-/m1/s1. The summed E-state index contributed by atoms with van der Waals surface area (Å²) in [6.07, 6.45) is 1.10. The van der Waals surface area contributed by atoms with Gasteiger partial charge in [-0.25, -0.2) is 22.8 Å². The van der Waals surface area contributed by atoms with Gasteiger partial charge in [-0.2, -0.15) is 4.98 Å². The molecule has 1 aromatic carbocycles. The predicted octanol–water partition coefficient (Wildman–Crippen LogP) is 3.45. The Bertz CT molecular complexity index is 1230. The Morgan fingerprint density at radius 3 is 2.50 bits per heavy atom. The highest BCUT2D eigenvalue weighted by Crippen LogP contribution is 2.32. The van der Waals surface area contributed by atoms with E-state index in [4.69, 9.17) is 9.76 Å². The average Bonchev–Trinajstić information content (AvgIpc) is 2.99. The number of anilines is 3. The molecule has 0 aliphatic carbocycles. The maximum absolute atomic E-state index is 14.1. The van der Waals surface area contributed by atoms with Crippen LogP contribution in [-0.4, -0.2) is 83.5 Å². The highest BCUT2D eigenvalue weighted by atomic mass is 32.2. The summed E-state index contributed by atoms with van der Waals surface area (Å²) < 4.78 is 48.2. The fourth-order valence-corrected chi connectivity index (χ4v) is 5.16. The molecular formula is C24H33F2N7O2S. The Hall–Kier alpha value is -2.86. The van der Waals surface area contributed by atoms with E-state index in [2.05, 4.69) is 20.1 Å². The van der Waals surface area contributed by atoms with Crippen LogP contribution in [0.15, 0.2) is 29.2 Å². The molecule has 9 nitrogen and oxygen atoms in total. The molecular weight excluding hydrogens is 488 g/mol. The third-order valence-corrected chi connectivity index (χ3v) is 7.78. The van der Waals surface area contributed by atoms with Crippen LogP contribution >= 0.6 is 0 Å². The monoisotopic (exact) mass is 521 g/mol. The second-order valence-electron chi connectivity index (χ2n) is 9.62. The fourth-order valence-electron chi connectivity index (χ4n) is 4.47. The van der Waals surface area contributed by atoms with Gasteiger partial charge >= 0.3 is 0 Å². The molecule has 196 valence electrons. The molecule has 2 aromatic rings. The lowest BCUT2D eigenvalue weighted by Crippen LogP contribution is -2.45. The van der Waals surface area contributed by atoms with E-state index in [1.165, 1.54) is 12.3 Å². The molecule has 0 bridgehead atoms. The van der Waals surface area contributed by atoms with Crippen LogP contribution in [0.3, 0.4) is 0 Å². The van der Waals surface area contributed by atoms with E-state index in [1.54, 1.807) is 30.0 Å². The van der Waals surface area contributed by atoms with Crippen molar-refractivity contribution in [2.75, 3.05) is 67.7 Å². The normalized spacial score (nSPS) is 20.5. The molecule has 0 radical (unpaired) electrons. The van der Waals surface area contributed by atoms with Crippen molar-refractivity contribution < 1.29 is 17.8 Å². The Morgan fingerprint density at radius 2 is 1.81 bits per heavy atom. The topological polar surface area (TPSA) is 106 Å². The van der Waals surface area contributed by atoms with Crippen molar-refractivity contribution >= 4 is 33.1 Å². The average molecular weight is 522 g/mol. The number of nitrogens with zero attached hydrogens (tertiary/aromatic N) is 5. The van der Waals surface area contributed by atoms with Gasteiger partial charge in [0.15, 0.2) is 0 Å². The number of alkyl halides is 2. The van der Waals surface area contributed by atoms with Gasteiger partial charge in [-0.3, -0.25) is 4.79 Å². The molecule has 2 aliphatic heterocycles. The SMILES string of the molecule is Cc1nc(N2CCN(C)CC2)nc(N2CCCC(F)(F)CC2)c1C(=O)Nc1cccc([S@](C)(=N)=O)c1. The van der Waals surface area contributed by atoms with Crippen molar-refractivity contribution in [3.8, 4) is 0 Å². The molecule has 2 fully saturated rings. The number of hydrogen-bond donors (Lipinski definition) is 2. The number of halogens is 2. The second-order valence-corrected chi connectivity index (χ2v) is 11.8. The van der Waals surface area contributed by atoms with E-state index in [1.807, 2.05) is 7.05 Å². The number of likely N-dealkylation sites (N-methyl/N-ethyl adjacent to an activating group) is 1. The van der Waals surface area contributed by atoms with Gasteiger partial charge in [0.25, 0.3) is 5.91 Å². The van der Waals surface area contributed by atoms with Crippen LogP contribution in [0.2, 0.25) is 0 Å². The minimum absolute atomic E-state index is 0.0815.